The van der Waals surface area contributed by atoms with Crippen LogP contribution in [0.3, 0.4) is 0 Å². The minimum absolute atomic E-state index is 0.0830. The number of anilines is 1. The summed E-state index contributed by atoms with van der Waals surface area (Å²) in [5, 5.41) is 39.9. The van der Waals surface area contributed by atoms with Gasteiger partial charge in [0, 0.05) is 7.11 Å². The fourth-order valence-corrected chi connectivity index (χ4v) is 6.92. The molecule has 5 rings (SSSR count). The van der Waals surface area contributed by atoms with Gasteiger partial charge >= 0.3 is 13.7 Å². The van der Waals surface area contributed by atoms with Crippen LogP contribution in [0, 0.1) is 11.3 Å². The van der Waals surface area contributed by atoms with Crippen molar-refractivity contribution >= 4 is 25.1 Å². The number of hydrogen-bond donors (Lipinski definition) is 4. The van der Waals surface area contributed by atoms with Crippen LogP contribution < -0.4 is 15.3 Å². The molecule has 1 aromatic carbocycles. The molecule has 46 heavy (non-hydrogen) atoms. The van der Waals surface area contributed by atoms with Crippen LogP contribution in [0.4, 0.5) is 5.82 Å². The second kappa shape index (κ2) is 11.6. The number of aromatic nitrogens is 3. The highest BCUT2D eigenvalue weighted by Crippen LogP contribution is 2.63. The fraction of sp³-hybridized carbons (Fsp3) is 0.533. The average molecular weight is 659 g/mol. The van der Waals surface area contributed by atoms with E-state index in [1.807, 2.05) is 26.8 Å². The van der Waals surface area contributed by atoms with Gasteiger partial charge in [0.15, 0.2) is 11.4 Å². The number of methoxy groups -OCH3 is 1. The number of fused-ring (bicyclic) bond motifs is 2. The highest BCUT2D eigenvalue weighted by atomic mass is 31.2. The van der Waals surface area contributed by atoms with Crippen LogP contribution in [0.15, 0.2) is 42.7 Å². The zero-order chi connectivity index (χ0) is 33.9. The molecule has 248 valence electrons. The van der Waals surface area contributed by atoms with Crippen LogP contribution in [0.2, 0.25) is 0 Å². The van der Waals surface area contributed by atoms with Gasteiger partial charge in [-0.05, 0) is 56.0 Å². The molecule has 3 aromatic rings. The molecular formula is C30H39N6O9P. The van der Waals surface area contributed by atoms with Gasteiger partial charge in [0.25, 0.3) is 0 Å². The van der Waals surface area contributed by atoms with E-state index < -0.39 is 54.9 Å². The monoisotopic (exact) mass is 658 g/mol. The summed E-state index contributed by atoms with van der Waals surface area (Å²) in [6, 6.07) is 10.6. The maximum absolute atomic E-state index is 14.3. The Morgan fingerprint density at radius 1 is 1.24 bits per heavy atom. The number of aliphatic hydroxyl groups is 2. The highest BCUT2D eigenvalue weighted by molar-refractivity contribution is 7.52. The van der Waals surface area contributed by atoms with Crippen LogP contribution in [0.25, 0.3) is 5.52 Å². The third-order valence-electron chi connectivity index (χ3n) is 8.26. The molecular weight excluding hydrogens is 619 g/mol. The van der Waals surface area contributed by atoms with E-state index in [4.69, 9.17) is 29.0 Å². The molecule has 0 radical (unpaired) electrons. The molecule has 2 unspecified atom stereocenters. The number of hydrogen-bond acceptors (Lipinski definition) is 13. The molecule has 1 aliphatic carbocycles. The molecule has 2 aromatic heterocycles. The van der Waals surface area contributed by atoms with Gasteiger partial charge in [-0.3, -0.25) is 9.32 Å². The highest BCUT2D eigenvalue weighted by Gasteiger charge is 2.83. The summed E-state index contributed by atoms with van der Waals surface area (Å²) < 4.78 is 43.8. The number of rotatable bonds is 11. The average Bonchev–Trinajstić information content (AvgIpc) is 3.25. The molecule has 16 heteroatoms. The molecule has 1 saturated heterocycles. The number of nitrogens with zero attached hydrogens (tertiary/aromatic N) is 4. The first-order chi connectivity index (χ1) is 21.4. The van der Waals surface area contributed by atoms with Crippen molar-refractivity contribution in [3.8, 4) is 11.8 Å². The summed E-state index contributed by atoms with van der Waals surface area (Å²) in [6.45, 7) is 10.9. The third-order valence-corrected chi connectivity index (χ3v) is 9.92. The van der Waals surface area contributed by atoms with Crippen molar-refractivity contribution in [2.75, 3.05) is 19.5 Å². The van der Waals surface area contributed by atoms with Gasteiger partial charge < -0.3 is 34.7 Å². The Hall–Kier alpha value is -3.61. The second-order valence-electron chi connectivity index (χ2n) is 13.1. The number of benzene rings is 1. The first kappa shape index (κ1) is 33.7. The molecule has 1 saturated carbocycles. The fourth-order valence-electron chi connectivity index (χ4n) is 5.21. The number of nitriles is 1. The Morgan fingerprint density at radius 3 is 2.48 bits per heavy atom. The molecule has 0 bridgehead atoms. The number of carbonyl (C=O) groups is 1. The van der Waals surface area contributed by atoms with Crippen LogP contribution >= 0.6 is 7.75 Å². The normalized spacial score (nSPS) is 27.8. The van der Waals surface area contributed by atoms with Crippen molar-refractivity contribution in [2.45, 2.75) is 88.1 Å². The van der Waals surface area contributed by atoms with Gasteiger partial charge in [-0.2, -0.15) is 15.4 Å². The molecule has 1 aliphatic heterocycles. The van der Waals surface area contributed by atoms with E-state index in [0.29, 0.717) is 5.52 Å². The SMILES string of the molecule is COC(C)(C)COC(=O)[C@H](C)NP(=O)(Oc1ccc(C(C)(C)C)cc1)OC1[C@H]2O[C@@](C#N)(c3ccc4c(N)ncnn34)[C@H](O)[C@@]12O. The number of nitrogens with two attached hydrogens (primary N) is 1. The lowest BCUT2D eigenvalue weighted by atomic mass is 9.87. The Kier molecular flexibility index (Phi) is 8.49. The van der Waals surface area contributed by atoms with E-state index in [9.17, 15) is 24.8 Å². The number of aliphatic hydroxyl groups excluding tert-OH is 1. The number of nitrogen functional groups attached to an aromatic ring is 1. The summed E-state index contributed by atoms with van der Waals surface area (Å²) in [5.41, 5.74) is 2.17. The summed E-state index contributed by atoms with van der Waals surface area (Å²) >= 11 is 0. The predicted molar refractivity (Wildman–Crippen MR) is 163 cm³/mol. The quantitative estimate of drug-likeness (QED) is 0.172. The summed E-state index contributed by atoms with van der Waals surface area (Å²) in [5.74, 6) is -0.492. The number of nitrogens with one attached hydrogen (secondary N) is 1. The van der Waals surface area contributed by atoms with Gasteiger partial charge in [-0.15, -0.1) is 0 Å². The van der Waals surface area contributed by atoms with Crippen molar-refractivity contribution in [1.82, 2.24) is 19.7 Å². The largest absolute Gasteiger partial charge is 0.461 e. The van der Waals surface area contributed by atoms with Crippen LogP contribution in [0.1, 0.15) is 52.8 Å². The van der Waals surface area contributed by atoms with E-state index in [1.54, 1.807) is 44.2 Å². The van der Waals surface area contributed by atoms with Crippen molar-refractivity contribution in [3.63, 3.8) is 0 Å². The third kappa shape index (κ3) is 5.86. The Morgan fingerprint density at radius 2 is 1.91 bits per heavy atom. The Labute approximate surface area is 266 Å². The molecule has 0 amide bonds. The minimum atomic E-state index is -4.51. The molecule has 7 atom stereocenters. The van der Waals surface area contributed by atoms with E-state index >= 15 is 0 Å². The van der Waals surface area contributed by atoms with Gasteiger partial charge in [-0.1, -0.05) is 32.9 Å². The van der Waals surface area contributed by atoms with Crippen LogP contribution in [-0.4, -0.2) is 80.1 Å². The minimum Gasteiger partial charge on any atom is -0.461 e. The smallest absolute Gasteiger partial charge is 0.459 e. The zero-order valence-electron chi connectivity index (χ0n) is 26.6. The standard InChI is InChI=1S/C30H39N6O9P/c1-17(25(37)42-15-28(5,6)41-7)35-46(40,44-19-10-8-18(9-11-19)27(2,3)4)45-23-22-30(23,39)26(38)29(14-31,43-22)21-13-12-20-24(32)33-16-34-36(20)21/h8-13,16-17,22-23,26,38-39H,15H2,1-7H3,(H,35,40)(H2,32,33,34)/t17-,22+,23?,26-,29-,30-,46?/m0/s1. The molecule has 2 aliphatic rings. The lowest BCUT2D eigenvalue weighted by Gasteiger charge is -2.31. The first-order valence-corrected chi connectivity index (χ1v) is 16.1. The molecule has 0 spiro atoms. The topological polar surface area (TPSA) is 213 Å². The van der Waals surface area contributed by atoms with Crippen molar-refractivity contribution in [3.05, 3.63) is 54.0 Å². The van der Waals surface area contributed by atoms with E-state index in [2.05, 4.69) is 15.2 Å². The zero-order valence-corrected chi connectivity index (χ0v) is 27.5. The van der Waals surface area contributed by atoms with Crippen molar-refractivity contribution in [2.24, 2.45) is 0 Å². The Balaban J connectivity index is 1.40. The number of esters is 1. The maximum atomic E-state index is 14.3. The molecule has 3 heterocycles. The van der Waals surface area contributed by atoms with E-state index in [-0.39, 0.29) is 29.3 Å². The number of carbonyl (C=O) groups excluding carboxylic acids is 1. The van der Waals surface area contributed by atoms with Crippen molar-refractivity contribution in [1.29, 1.82) is 5.26 Å². The van der Waals surface area contributed by atoms with Gasteiger partial charge in [-0.25, -0.2) is 14.1 Å². The summed E-state index contributed by atoms with van der Waals surface area (Å²) in [7, 11) is -3.03. The first-order valence-electron chi connectivity index (χ1n) is 14.6. The van der Waals surface area contributed by atoms with Gasteiger partial charge in [0.1, 0.15) is 54.6 Å². The van der Waals surface area contributed by atoms with Crippen LogP contribution in [-0.2, 0) is 39.1 Å². The lowest BCUT2D eigenvalue weighted by molar-refractivity contribution is -0.153. The predicted octanol–water partition coefficient (Wildman–Crippen LogP) is 2.35. The maximum Gasteiger partial charge on any atom is 0.459 e. The van der Waals surface area contributed by atoms with Gasteiger partial charge in [0.2, 0.25) is 5.60 Å². The second-order valence-corrected chi connectivity index (χ2v) is 14.8. The summed E-state index contributed by atoms with van der Waals surface area (Å²) in [4.78, 5) is 16.8. The molecule has 2 fully saturated rings. The van der Waals surface area contributed by atoms with E-state index in [0.717, 1.165) is 5.56 Å². The van der Waals surface area contributed by atoms with Crippen LogP contribution in [0.5, 0.6) is 5.75 Å². The van der Waals surface area contributed by atoms with Gasteiger partial charge in [0.05, 0.1) is 11.3 Å². The molecule has 5 N–H and O–H groups in total. The summed E-state index contributed by atoms with van der Waals surface area (Å²) in [6.07, 6.45) is -3.43. The molecule has 15 nitrogen and oxygen atoms in total. The Bertz CT molecular complexity index is 1720. The van der Waals surface area contributed by atoms with E-state index in [1.165, 1.54) is 30.9 Å². The lowest BCUT2D eigenvalue weighted by Crippen LogP contribution is -2.47. The van der Waals surface area contributed by atoms with Crippen molar-refractivity contribution < 1.29 is 42.8 Å². The number of ether oxygens (including phenoxy) is 3.